The highest BCUT2D eigenvalue weighted by atomic mass is 16.3. The van der Waals surface area contributed by atoms with E-state index in [1.54, 1.807) is 18.2 Å². The van der Waals surface area contributed by atoms with E-state index in [2.05, 4.69) is 11.7 Å². The smallest absolute Gasteiger partial charge is 0.117 e. The van der Waals surface area contributed by atoms with E-state index in [4.69, 9.17) is 10.7 Å². The Hall–Kier alpha value is -3.86. The molecule has 0 spiro atoms. The van der Waals surface area contributed by atoms with Gasteiger partial charge >= 0.3 is 0 Å². The number of rotatable bonds is 7. The van der Waals surface area contributed by atoms with Gasteiger partial charge in [0, 0.05) is 24.4 Å². The zero-order valence-electron chi connectivity index (χ0n) is 17.3. The number of phenols is 1. The van der Waals surface area contributed by atoms with Gasteiger partial charge in [0.15, 0.2) is 0 Å². The van der Waals surface area contributed by atoms with Crippen LogP contribution < -0.4 is 10.6 Å². The number of nitrogens with zero attached hydrogens (tertiary/aromatic N) is 3. The highest BCUT2D eigenvalue weighted by molar-refractivity contribution is 6.10. The van der Waals surface area contributed by atoms with Crippen LogP contribution in [0.1, 0.15) is 16.7 Å². The molecule has 0 aliphatic heterocycles. The van der Waals surface area contributed by atoms with Crippen molar-refractivity contribution in [1.82, 2.24) is 0 Å². The Balaban J connectivity index is 2.07. The van der Waals surface area contributed by atoms with Gasteiger partial charge in [0.25, 0.3) is 0 Å². The minimum absolute atomic E-state index is 0.205. The fourth-order valence-corrected chi connectivity index (χ4v) is 3.30. The maximum absolute atomic E-state index is 9.88. The number of phenolic OH excluding ortho intramolecular Hbond substituents is 1. The molecule has 0 radical (unpaired) electrons. The molecule has 0 aliphatic rings. The van der Waals surface area contributed by atoms with Gasteiger partial charge in [0.2, 0.25) is 0 Å². The number of hydrogen-bond donors (Lipinski definition) is 2. The van der Waals surface area contributed by atoms with Crippen molar-refractivity contribution in [3.05, 3.63) is 95.7 Å². The van der Waals surface area contributed by atoms with Crippen LogP contribution in [0, 0.1) is 6.92 Å². The third-order valence-corrected chi connectivity index (χ3v) is 4.84. The summed E-state index contributed by atoms with van der Waals surface area (Å²) in [7, 11) is 1.93. The molecule has 0 saturated heterocycles. The topological polar surface area (TPSA) is 74.2 Å². The number of nitrogens with two attached hydrogens (primary N) is 1. The monoisotopic (exact) mass is 398 g/mol. The van der Waals surface area contributed by atoms with Crippen LogP contribution in [0.2, 0.25) is 0 Å². The minimum Gasteiger partial charge on any atom is -0.508 e. The largest absolute Gasteiger partial charge is 0.508 e. The minimum atomic E-state index is 0.205. The Morgan fingerprint density at radius 3 is 2.53 bits per heavy atom. The van der Waals surface area contributed by atoms with Crippen LogP contribution in [0.5, 0.6) is 5.75 Å². The molecule has 0 amide bonds. The number of allylic oxidation sites excluding steroid dienone is 1. The third kappa shape index (κ3) is 4.75. The van der Waals surface area contributed by atoms with Crippen molar-refractivity contribution in [2.75, 3.05) is 11.9 Å². The van der Waals surface area contributed by atoms with Gasteiger partial charge in [-0.1, -0.05) is 36.4 Å². The number of aliphatic imine (C=N–C) groups is 2. The maximum Gasteiger partial charge on any atom is 0.117 e. The number of benzene rings is 3. The van der Waals surface area contributed by atoms with E-state index in [9.17, 15) is 5.11 Å². The highest BCUT2D eigenvalue weighted by Crippen LogP contribution is 2.37. The van der Waals surface area contributed by atoms with Crippen molar-refractivity contribution < 1.29 is 5.11 Å². The van der Waals surface area contributed by atoms with Gasteiger partial charge in [-0.25, -0.2) is 0 Å². The predicted octanol–water partition coefficient (Wildman–Crippen LogP) is 5.26. The van der Waals surface area contributed by atoms with Crippen molar-refractivity contribution in [2.24, 2.45) is 15.7 Å². The fourth-order valence-electron chi connectivity index (χ4n) is 3.30. The summed E-state index contributed by atoms with van der Waals surface area (Å²) >= 11 is 0. The summed E-state index contributed by atoms with van der Waals surface area (Å²) in [6, 6.07) is 21.2. The normalized spacial score (nSPS) is 11.6. The molecule has 3 N–H and O–H groups in total. The van der Waals surface area contributed by atoms with Gasteiger partial charge < -0.3 is 15.7 Å². The Morgan fingerprint density at radius 1 is 1.10 bits per heavy atom. The molecule has 0 fully saturated rings. The molecule has 3 aromatic rings. The van der Waals surface area contributed by atoms with Gasteiger partial charge in [-0.3, -0.25) is 9.98 Å². The average Bonchev–Trinajstić information content (AvgIpc) is 2.76. The lowest BCUT2D eigenvalue weighted by Crippen LogP contribution is -2.11. The SMILES string of the molecule is C=Nc1c(C)cc(C(C=CN)=NCc2ccccc2)cc1N(C)c1cccc(O)c1. The molecule has 0 aromatic heterocycles. The molecule has 0 aliphatic carbocycles. The predicted molar refractivity (Wildman–Crippen MR) is 127 cm³/mol. The van der Waals surface area contributed by atoms with Crippen molar-refractivity contribution in [2.45, 2.75) is 13.5 Å². The molecule has 30 heavy (non-hydrogen) atoms. The number of anilines is 2. The van der Waals surface area contributed by atoms with Gasteiger partial charge in [0.05, 0.1) is 23.6 Å². The molecule has 0 unspecified atom stereocenters. The first-order valence-electron chi connectivity index (χ1n) is 9.64. The average molecular weight is 399 g/mol. The number of hydrogen-bond acceptors (Lipinski definition) is 5. The van der Waals surface area contributed by atoms with Crippen molar-refractivity contribution in [3.63, 3.8) is 0 Å². The highest BCUT2D eigenvalue weighted by Gasteiger charge is 2.15. The van der Waals surface area contributed by atoms with Crippen LogP contribution in [-0.2, 0) is 6.54 Å². The third-order valence-electron chi connectivity index (χ3n) is 4.84. The van der Waals surface area contributed by atoms with Gasteiger partial charge in [-0.2, -0.15) is 0 Å². The molecule has 152 valence electrons. The Bertz CT molecular complexity index is 1090. The van der Waals surface area contributed by atoms with E-state index >= 15 is 0 Å². The lowest BCUT2D eigenvalue weighted by atomic mass is 10.0. The standard InChI is InChI=1S/C25H26N4O/c1-18-14-20(23(12-13-26)28-17-19-8-5-4-6-9-19)15-24(25(18)27-2)29(3)21-10-7-11-22(30)16-21/h4-16,30H,2,17,26H2,1,3H3. The van der Waals surface area contributed by atoms with Crippen molar-refractivity contribution in [1.29, 1.82) is 0 Å². The van der Waals surface area contributed by atoms with Crippen LogP contribution in [0.3, 0.4) is 0 Å². The van der Waals surface area contributed by atoms with Crippen LogP contribution in [-0.4, -0.2) is 24.6 Å². The van der Waals surface area contributed by atoms with E-state index in [-0.39, 0.29) is 5.75 Å². The summed E-state index contributed by atoms with van der Waals surface area (Å²) in [6.45, 7) is 6.29. The summed E-state index contributed by atoms with van der Waals surface area (Å²) in [5.74, 6) is 0.205. The number of aromatic hydroxyl groups is 1. The van der Waals surface area contributed by atoms with Crippen LogP contribution in [0.4, 0.5) is 17.1 Å². The summed E-state index contributed by atoms with van der Waals surface area (Å²) in [5.41, 5.74) is 12.0. The number of aryl methyl sites for hydroxylation is 1. The fraction of sp³-hybridized carbons (Fsp3) is 0.120. The molecule has 5 nitrogen and oxygen atoms in total. The van der Waals surface area contributed by atoms with E-state index in [0.717, 1.165) is 39.5 Å². The van der Waals surface area contributed by atoms with Crippen molar-refractivity contribution >= 4 is 29.5 Å². The molecular weight excluding hydrogens is 372 g/mol. The summed E-state index contributed by atoms with van der Waals surface area (Å²) in [6.07, 6.45) is 3.30. The zero-order chi connectivity index (χ0) is 21.5. The van der Waals surface area contributed by atoms with E-state index in [1.807, 2.05) is 73.5 Å². The second-order valence-corrected chi connectivity index (χ2v) is 6.94. The summed E-state index contributed by atoms with van der Waals surface area (Å²) in [4.78, 5) is 11.0. The molecule has 0 bridgehead atoms. The Morgan fingerprint density at radius 2 is 1.87 bits per heavy atom. The van der Waals surface area contributed by atoms with E-state index in [0.29, 0.717) is 6.54 Å². The first-order chi connectivity index (χ1) is 14.5. The Kier molecular flexibility index (Phi) is 6.65. The quantitative estimate of drug-likeness (QED) is 0.533. The molecule has 0 atom stereocenters. The molecule has 0 saturated carbocycles. The second-order valence-electron chi connectivity index (χ2n) is 6.94. The summed E-state index contributed by atoms with van der Waals surface area (Å²) < 4.78 is 0. The lowest BCUT2D eigenvalue weighted by molar-refractivity contribution is 0.475. The zero-order valence-corrected chi connectivity index (χ0v) is 17.3. The molecule has 3 aromatic carbocycles. The van der Waals surface area contributed by atoms with Crippen LogP contribution in [0.15, 0.2) is 89.0 Å². The lowest BCUT2D eigenvalue weighted by Gasteiger charge is -2.23. The van der Waals surface area contributed by atoms with Gasteiger partial charge in [-0.05, 0) is 61.3 Å². The molecule has 3 rings (SSSR count). The van der Waals surface area contributed by atoms with Gasteiger partial charge in [0.1, 0.15) is 5.75 Å². The maximum atomic E-state index is 9.88. The first kappa shape index (κ1) is 20.9. The van der Waals surface area contributed by atoms with Crippen LogP contribution in [0.25, 0.3) is 0 Å². The van der Waals surface area contributed by atoms with Crippen LogP contribution >= 0.6 is 0 Å². The first-order valence-corrected chi connectivity index (χ1v) is 9.64. The van der Waals surface area contributed by atoms with E-state index < -0.39 is 0 Å². The molecule has 5 heteroatoms. The molecular formula is C25H26N4O. The van der Waals surface area contributed by atoms with E-state index in [1.165, 1.54) is 6.20 Å². The summed E-state index contributed by atoms with van der Waals surface area (Å²) in [5, 5.41) is 9.88. The van der Waals surface area contributed by atoms with Gasteiger partial charge in [-0.15, -0.1) is 0 Å². The molecule has 0 heterocycles. The van der Waals surface area contributed by atoms with Crippen molar-refractivity contribution in [3.8, 4) is 5.75 Å². The second kappa shape index (κ2) is 9.56. The Labute approximate surface area is 177 Å².